The molecule has 0 saturated heterocycles. The van der Waals surface area contributed by atoms with E-state index in [9.17, 15) is 9.59 Å². The lowest BCUT2D eigenvalue weighted by molar-refractivity contribution is -0.148. The molecule has 82 valence electrons. The van der Waals surface area contributed by atoms with Crippen molar-refractivity contribution in [2.45, 2.75) is 26.9 Å². The zero-order chi connectivity index (χ0) is 11.7. The first kappa shape index (κ1) is 11.7. The van der Waals surface area contributed by atoms with Crippen molar-refractivity contribution in [3.8, 4) is 6.26 Å². The summed E-state index contributed by atoms with van der Waals surface area (Å²) in [6.07, 6.45) is 1.30. The van der Waals surface area contributed by atoms with Crippen LogP contribution in [0, 0.1) is 22.3 Å². The number of aldehydes is 1. The monoisotopic (exact) mass is 211 g/mol. The molecule has 0 aliphatic heterocycles. The maximum Gasteiger partial charge on any atom is 0.338 e. The first-order chi connectivity index (χ1) is 6.98. The van der Waals surface area contributed by atoms with Crippen LogP contribution in [0.1, 0.15) is 20.8 Å². The molecule has 5 nitrogen and oxygen atoms in total. The third-order valence-corrected chi connectivity index (χ3v) is 3.05. The number of carbonyl (C=O) groups excluding carboxylic acids is 2. The second-order valence-corrected chi connectivity index (χ2v) is 4.02. The van der Waals surface area contributed by atoms with Gasteiger partial charge < -0.3 is 14.3 Å². The molecule has 2 unspecified atom stereocenters. The van der Waals surface area contributed by atoms with Gasteiger partial charge in [0, 0.05) is 12.0 Å². The highest BCUT2D eigenvalue weighted by Gasteiger charge is 2.78. The molecule has 1 aliphatic rings. The van der Waals surface area contributed by atoms with Crippen LogP contribution in [-0.4, -0.2) is 25.0 Å². The Morgan fingerprint density at radius 1 is 1.60 bits per heavy atom. The van der Waals surface area contributed by atoms with Gasteiger partial charge in [-0.2, -0.15) is 0 Å². The molecule has 0 heterocycles. The third kappa shape index (κ3) is 1.33. The maximum absolute atomic E-state index is 11.5. The Labute approximate surface area is 88.0 Å². The molecule has 0 N–H and O–H groups in total. The van der Waals surface area contributed by atoms with E-state index in [1.807, 2.05) is 0 Å². The standard InChI is InChI=1S/C10H13NO4/c1-4-14-7-9(2,3)10(7,5-12)8(13)15-6-11/h5,7H,4H2,1-3H3. The van der Waals surface area contributed by atoms with Crippen LogP contribution in [-0.2, 0) is 19.1 Å². The number of nitrogens with zero attached hydrogens (tertiary/aromatic N) is 1. The molecular weight excluding hydrogens is 198 g/mol. The van der Waals surface area contributed by atoms with Crippen LogP contribution >= 0.6 is 0 Å². The predicted molar refractivity (Wildman–Crippen MR) is 49.4 cm³/mol. The van der Waals surface area contributed by atoms with E-state index in [0.717, 1.165) is 0 Å². The summed E-state index contributed by atoms with van der Waals surface area (Å²) in [7, 11) is 0. The highest BCUT2D eigenvalue weighted by Crippen LogP contribution is 2.64. The highest BCUT2D eigenvalue weighted by atomic mass is 16.5. The Bertz CT molecular complexity index is 331. The number of carbonyl (C=O) groups is 2. The molecule has 0 radical (unpaired) electrons. The van der Waals surface area contributed by atoms with Crippen LogP contribution in [0.5, 0.6) is 0 Å². The normalized spacial score (nSPS) is 31.5. The Morgan fingerprint density at radius 3 is 2.60 bits per heavy atom. The van der Waals surface area contributed by atoms with Crippen LogP contribution in [0.3, 0.4) is 0 Å². The van der Waals surface area contributed by atoms with Gasteiger partial charge in [0.2, 0.25) is 0 Å². The first-order valence-electron chi connectivity index (χ1n) is 4.67. The molecule has 2 atom stereocenters. The van der Waals surface area contributed by atoms with Gasteiger partial charge >= 0.3 is 5.97 Å². The Balaban J connectivity index is 2.94. The minimum absolute atomic E-state index is 0.406. The Hall–Kier alpha value is -1.41. The van der Waals surface area contributed by atoms with Crippen LogP contribution in [0.4, 0.5) is 0 Å². The van der Waals surface area contributed by atoms with Gasteiger partial charge in [-0.25, -0.2) is 4.79 Å². The van der Waals surface area contributed by atoms with Gasteiger partial charge in [0.25, 0.3) is 6.26 Å². The van der Waals surface area contributed by atoms with Crippen LogP contribution in [0.15, 0.2) is 0 Å². The van der Waals surface area contributed by atoms with E-state index >= 15 is 0 Å². The molecule has 0 aromatic heterocycles. The molecule has 5 heteroatoms. The summed E-state index contributed by atoms with van der Waals surface area (Å²) >= 11 is 0. The number of rotatable bonds is 4. The highest BCUT2D eigenvalue weighted by molar-refractivity contribution is 6.00. The fourth-order valence-electron chi connectivity index (χ4n) is 2.01. The molecule has 0 aromatic carbocycles. The maximum atomic E-state index is 11.5. The third-order valence-electron chi connectivity index (χ3n) is 3.05. The second-order valence-electron chi connectivity index (χ2n) is 4.02. The van der Waals surface area contributed by atoms with Crippen molar-refractivity contribution in [2.75, 3.05) is 6.61 Å². The van der Waals surface area contributed by atoms with Crippen LogP contribution in [0.2, 0.25) is 0 Å². The van der Waals surface area contributed by atoms with Gasteiger partial charge in [0.15, 0.2) is 5.41 Å². The van der Waals surface area contributed by atoms with E-state index in [2.05, 4.69) is 4.74 Å². The number of esters is 1. The molecule has 1 fully saturated rings. The molecule has 1 saturated carbocycles. The van der Waals surface area contributed by atoms with Crippen molar-refractivity contribution >= 4 is 12.3 Å². The van der Waals surface area contributed by atoms with E-state index < -0.39 is 22.9 Å². The van der Waals surface area contributed by atoms with Gasteiger partial charge in [-0.3, -0.25) is 0 Å². The van der Waals surface area contributed by atoms with Crippen molar-refractivity contribution in [1.29, 1.82) is 5.26 Å². The molecule has 0 spiro atoms. The summed E-state index contributed by atoms with van der Waals surface area (Å²) in [5.74, 6) is -0.830. The quantitative estimate of drug-likeness (QED) is 0.295. The zero-order valence-corrected chi connectivity index (χ0v) is 8.94. The minimum atomic E-state index is -1.32. The van der Waals surface area contributed by atoms with Crippen molar-refractivity contribution in [1.82, 2.24) is 0 Å². The molecule has 15 heavy (non-hydrogen) atoms. The summed E-state index contributed by atoms with van der Waals surface area (Å²) in [6, 6.07) is 0. The van der Waals surface area contributed by atoms with E-state index in [4.69, 9.17) is 10.00 Å². The molecule has 1 rings (SSSR count). The van der Waals surface area contributed by atoms with Crippen molar-refractivity contribution in [2.24, 2.45) is 10.8 Å². The van der Waals surface area contributed by atoms with Crippen molar-refractivity contribution in [3.05, 3.63) is 0 Å². The number of ether oxygens (including phenoxy) is 2. The van der Waals surface area contributed by atoms with Crippen molar-refractivity contribution < 1.29 is 19.1 Å². The largest absolute Gasteiger partial charge is 0.376 e. The predicted octanol–water partition coefficient (Wildman–Crippen LogP) is 0.641. The Kier molecular flexibility index (Phi) is 2.82. The molecule has 0 bridgehead atoms. The number of hydrogen-bond donors (Lipinski definition) is 0. The molecule has 0 aromatic rings. The lowest BCUT2D eigenvalue weighted by atomic mass is 9.98. The van der Waals surface area contributed by atoms with Gasteiger partial charge in [-0.1, -0.05) is 13.8 Å². The summed E-state index contributed by atoms with van der Waals surface area (Å²) in [6.45, 7) is 5.66. The zero-order valence-electron chi connectivity index (χ0n) is 8.94. The summed E-state index contributed by atoms with van der Waals surface area (Å²) < 4.78 is 9.53. The average molecular weight is 211 g/mol. The van der Waals surface area contributed by atoms with Gasteiger partial charge in [0.1, 0.15) is 6.29 Å². The first-order valence-corrected chi connectivity index (χ1v) is 4.67. The molecule has 0 amide bonds. The number of hydrogen-bond acceptors (Lipinski definition) is 5. The fourth-order valence-corrected chi connectivity index (χ4v) is 2.01. The second kappa shape index (κ2) is 3.63. The smallest absolute Gasteiger partial charge is 0.338 e. The molecular formula is C10H13NO4. The van der Waals surface area contributed by atoms with E-state index in [1.54, 1.807) is 20.8 Å². The topological polar surface area (TPSA) is 76.4 Å². The minimum Gasteiger partial charge on any atom is -0.376 e. The van der Waals surface area contributed by atoms with E-state index in [0.29, 0.717) is 12.9 Å². The van der Waals surface area contributed by atoms with Crippen LogP contribution in [0.25, 0.3) is 0 Å². The van der Waals surface area contributed by atoms with Gasteiger partial charge in [-0.15, -0.1) is 5.26 Å². The van der Waals surface area contributed by atoms with E-state index in [-0.39, 0.29) is 0 Å². The average Bonchev–Trinajstić information content (AvgIpc) is 2.65. The summed E-state index contributed by atoms with van der Waals surface area (Å²) in [5, 5.41) is 8.26. The van der Waals surface area contributed by atoms with Crippen molar-refractivity contribution in [3.63, 3.8) is 0 Å². The summed E-state index contributed by atoms with van der Waals surface area (Å²) in [4.78, 5) is 22.5. The SMILES string of the molecule is CCOC1C(C)(C)C1(C=O)C(=O)OC#N. The fraction of sp³-hybridized carbons (Fsp3) is 0.700. The molecule has 1 aliphatic carbocycles. The number of nitriles is 1. The Morgan fingerprint density at radius 2 is 2.20 bits per heavy atom. The van der Waals surface area contributed by atoms with Gasteiger partial charge in [-0.05, 0) is 6.92 Å². The summed E-state index contributed by atoms with van der Waals surface area (Å²) in [5.41, 5.74) is -1.93. The van der Waals surface area contributed by atoms with Crippen LogP contribution < -0.4 is 0 Å². The van der Waals surface area contributed by atoms with Gasteiger partial charge in [0.05, 0.1) is 6.10 Å². The van der Waals surface area contributed by atoms with E-state index in [1.165, 1.54) is 6.26 Å². The lowest BCUT2D eigenvalue weighted by Gasteiger charge is -2.06. The lowest BCUT2D eigenvalue weighted by Crippen LogP contribution is -2.26.